The Morgan fingerprint density at radius 2 is 1.90 bits per heavy atom. The summed E-state index contributed by atoms with van der Waals surface area (Å²) in [4.78, 5) is 17.6. The fourth-order valence-corrected chi connectivity index (χ4v) is 4.69. The van der Waals surface area contributed by atoms with Crippen molar-refractivity contribution in [2.24, 2.45) is 0 Å². The van der Waals surface area contributed by atoms with Crippen LogP contribution in [0, 0.1) is 0 Å². The quantitative estimate of drug-likeness (QED) is 0.798. The van der Waals surface area contributed by atoms with E-state index in [9.17, 15) is 4.79 Å². The minimum atomic E-state index is -0.103. The van der Waals surface area contributed by atoms with Crippen LogP contribution in [0.25, 0.3) is 0 Å². The van der Waals surface area contributed by atoms with Gasteiger partial charge in [0.1, 0.15) is 0 Å². The van der Waals surface area contributed by atoms with E-state index in [-0.39, 0.29) is 18.7 Å². The van der Waals surface area contributed by atoms with Crippen LogP contribution in [0.4, 0.5) is 5.69 Å². The van der Waals surface area contributed by atoms with Gasteiger partial charge in [0.25, 0.3) is 5.91 Å². The highest BCUT2D eigenvalue weighted by Crippen LogP contribution is 2.33. The second kappa shape index (κ2) is 8.77. The van der Waals surface area contributed by atoms with Crippen molar-refractivity contribution in [2.45, 2.75) is 18.9 Å². The average Bonchev–Trinajstić information content (AvgIpc) is 3.28. The summed E-state index contributed by atoms with van der Waals surface area (Å²) in [6.07, 6.45) is 2.28. The summed E-state index contributed by atoms with van der Waals surface area (Å²) in [5.74, 6) is 1.20. The summed E-state index contributed by atoms with van der Waals surface area (Å²) in [5.41, 5.74) is 4.55. The number of rotatable bonds is 5. The normalized spacial score (nSPS) is 19.1. The van der Waals surface area contributed by atoms with Crippen molar-refractivity contribution < 1.29 is 19.0 Å². The van der Waals surface area contributed by atoms with E-state index in [4.69, 9.17) is 14.2 Å². The number of nitrogens with one attached hydrogen (secondary N) is 1. The summed E-state index contributed by atoms with van der Waals surface area (Å²) >= 11 is 0. The number of benzene rings is 2. The molecule has 1 N–H and O–H groups in total. The second-order valence-electron chi connectivity index (χ2n) is 8.36. The van der Waals surface area contributed by atoms with Crippen LogP contribution in [0.3, 0.4) is 0 Å². The van der Waals surface area contributed by atoms with Gasteiger partial charge in [-0.05, 0) is 48.2 Å². The van der Waals surface area contributed by atoms with Gasteiger partial charge in [-0.25, -0.2) is 0 Å². The molecule has 1 saturated heterocycles. The predicted octanol–water partition coefficient (Wildman–Crippen LogP) is 2.60. The number of anilines is 1. The van der Waals surface area contributed by atoms with Crippen molar-refractivity contribution >= 4 is 11.6 Å². The Morgan fingerprint density at radius 1 is 1.06 bits per heavy atom. The van der Waals surface area contributed by atoms with E-state index in [1.165, 1.54) is 23.2 Å². The molecule has 0 radical (unpaired) electrons. The summed E-state index contributed by atoms with van der Waals surface area (Å²) in [7, 11) is 2.16. The monoisotopic (exact) mass is 423 g/mol. The minimum absolute atomic E-state index is 0.103. The molecule has 31 heavy (non-hydrogen) atoms. The zero-order chi connectivity index (χ0) is 21.2. The fraction of sp³-hybridized carbons (Fsp3) is 0.458. The van der Waals surface area contributed by atoms with Gasteiger partial charge < -0.3 is 24.4 Å². The third-order valence-electron chi connectivity index (χ3n) is 6.42. The van der Waals surface area contributed by atoms with Crippen LogP contribution in [0.15, 0.2) is 36.4 Å². The molecule has 0 unspecified atom stereocenters. The number of morpholine rings is 1. The van der Waals surface area contributed by atoms with Crippen molar-refractivity contribution in [1.29, 1.82) is 0 Å². The van der Waals surface area contributed by atoms with Crippen LogP contribution in [0.1, 0.15) is 33.9 Å². The number of amides is 1. The Kier molecular flexibility index (Phi) is 5.70. The Bertz CT molecular complexity index is 958. The van der Waals surface area contributed by atoms with Gasteiger partial charge in [0.05, 0.1) is 19.3 Å². The Balaban J connectivity index is 1.35. The van der Waals surface area contributed by atoms with Gasteiger partial charge in [0.2, 0.25) is 6.79 Å². The molecular formula is C24H29N3O4. The summed E-state index contributed by atoms with van der Waals surface area (Å²) < 4.78 is 16.3. The number of aryl methyl sites for hydroxylation is 1. The number of carbonyl (C=O) groups excluding carboxylic acids is 1. The van der Waals surface area contributed by atoms with Gasteiger partial charge >= 0.3 is 0 Å². The molecule has 3 heterocycles. The van der Waals surface area contributed by atoms with E-state index in [1.54, 1.807) is 18.2 Å². The number of fused-ring (bicyclic) bond motifs is 2. The maximum Gasteiger partial charge on any atom is 0.251 e. The van der Waals surface area contributed by atoms with Gasteiger partial charge in [0, 0.05) is 44.5 Å². The van der Waals surface area contributed by atoms with Crippen molar-refractivity contribution in [3.63, 3.8) is 0 Å². The van der Waals surface area contributed by atoms with Crippen LogP contribution in [0.2, 0.25) is 0 Å². The molecule has 0 aliphatic carbocycles. The van der Waals surface area contributed by atoms with Gasteiger partial charge in [-0.3, -0.25) is 9.69 Å². The molecule has 3 aliphatic rings. The van der Waals surface area contributed by atoms with E-state index in [0.29, 0.717) is 23.6 Å². The minimum Gasteiger partial charge on any atom is -0.454 e. The van der Waals surface area contributed by atoms with Crippen LogP contribution >= 0.6 is 0 Å². The summed E-state index contributed by atoms with van der Waals surface area (Å²) in [5, 5.41) is 3.15. The molecule has 1 amide bonds. The zero-order valence-corrected chi connectivity index (χ0v) is 17.9. The lowest BCUT2D eigenvalue weighted by atomic mass is 9.95. The number of hydrogen-bond donors (Lipinski definition) is 1. The molecule has 0 saturated carbocycles. The second-order valence-corrected chi connectivity index (χ2v) is 8.36. The molecule has 1 fully saturated rings. The van der Waals surface area contributed by atoms with Crippen LogP contribution in [-0.2, 0) is 11.2 Å². The van der Waals surface area contributed by atoms with Gasteiger partial charge in [0.15, 0.2) is 11.5 Å². The third-order valence-corrected chi connectivity index (χ3v) is 6.42. The third kappa shape index (κ3) is 4.20. The topological polar surface area (TPSA) is 63.3 Å². The lowest BCUT2D eigenvalue weighted by molar-refractivity contribution is 0.0162. The molecule has 5 rings (SSSR count). The summed E-state index contributed by atoms with van der Waals surface area (Å²) in [6.45, 7) is 5.02. The Labute approximate surface area is 182 Å². The Hall–Kier alpha value is -2.77. The first-order valence-corrected chi connectivity index (χ1v) is 11.0. The number of carbonyl (C=O) groups is 1. The van der Waals surface area contributed by atoms with Crippen molar-refractivity contribution in [3.8, 4) is 11.5 Å². The van der Waals surface area contributed by atoms with E-state index in [0.717, 1.165) is 39.3 Å². The molecule has 164 valence electrons. The standard InChI is InChI=1S/C24H29N3O4/c1-26-8-2-3-17-13-18(4-6-20(17)26)21(27-9-11-29-12-10-27)15-25-24(28)19-5-7-22-23(14-19)31-16-30-22/h4-7,13-14,21H,2-3,8-12,15-16H2,1H3,(H,25,28)/t21-/m0/s1. The first kappa shape index (κ1) is 20.2. The molecule has 3 aliphatic heterocycles. The van der Waals surface area contributed by atoms with Gasteiger partial charge in [-0.2, -0.15) is 0 Å². The van der Waals surface area contributed by atoms with Crippen LogP contribution in [-0.4, -0.2) is 64.0 Å². The lowest BCUT2D eigenvalue weighted by Crippen LogP contribution is -2.44. The van der Waals surface area contributed by atoms with Crippen molar-refractivity contribution in [3.05, 3.63) is 53.1 Å². The molecule has 0 aromatic heterocycles. The molecule has 0 spiro atoms. The maximum atomic E-state index is 12.9. The smallest absolute Gasteiger partial charge is 0.251 e. The highest BCUT2D eigenvalue weighted by molar-refractivity contribution is 5.95. The highest BCUT2D eigenvalue weighted by Gasteiger charge is 2.25. The zero-order valence-electron chi connectivity index (χ0n) is 17.9. The molecule has 7 heteroatoms. The highest BCUT2D eigenvalue weighted by atomic mass is 16.7. The van der Waals surface area contributed by atoms with Crippen LogP contribution in [0.5, 0.6) is 11.5 Å². The number of nitrogens with zero attached hydrogens (tertiary/aromatic N) is 2. The van der Waals surface area contributed by atoms with Crippen molar-refractivity contribution in [2.75, 3.05) is 58.1 Å². The van der Waals surface area contributed by atoms with E-state index in [1.807, 2.05) is 0 Å². The SMILES string of the molecule is CN1CCCc2cc([C@H](CNC(=O)c3ccc4c(c3)OCO4)N3CCOCC3)ccc21. The first-order valence-electron chi connectivity index (χ1n) is 11.0. The molecule has 2 aromatic carbocycles. The molecule has 7 nitrogen and oxygen atoms in total. The Morgan fingerprint density at radius 3 is 2.77 bits per heavy atom. The van der Waals surface area contributed by atoms with Gasteiger partial charge in [-0.15, -0.1) is 0 Å². The summed E-state index contributed by atoms with van der Waals surface area (Å²) in [6, 6.07) is 12.2. The van der Waals surface area contributed by atoms with E-state index >= 15 is 0 Å². The largest absolute Gasteiger partial charge is 0.454 e. The van der Waals surface area contributed by atoms with Crippen molar-refractivity contribution in [1.82, 2.24) is 10.2 Å². The van der Waals surface area contributed by atoms with E-state index < -0.39 is 0 Å². The first-order chi connectivity index (χ1) is 15.2. The fourth-order valence-electron chi connectivity index (χ4n) is 4.69. The lowest BCUT2D eigenvalue weighted by Gasteiger charge is -2.36. The molecular weight excluding hydrogens is 394 g/mol. The average molecular weight is 424 g/mol. The molecule has 2 aromatic rings. The number of ether oxygens (including phenoxy) is 3. The maximum absolute atomic E-state index is 12.9. The van der Waals surface area contributed by atoms with Gasteiger partial charge in [-0.1, -0.05) is 12.1 Å². The predicted molar refractivity (Wildman–Crippen MR) is 118 cm³/mol. The molecule has 0 bridgehead atoms. The van der Waals surface area contributed by atoms with E-state index in [2.05, 4.69) is 40.4 Å². The molecule has 1 atom stereocenters. The number of hydrogen-bond acceptors (Lipinski definition) is 6. The van der Waals surface area contributed by atoms with Crippen LogP contribution < -0.4 is 19.7 Å².